The van der Waals surface area contributed by atoms with Gasteiger partial charge in [-0.05, 0) is 37.6 Å². The van der Waals surface area contributed by atoms with Crippen LogP contribution in [-0.4, -0.2) is 18.3 Å². The summed E-state index contributed by atoms with van der Waals surface area (Å²) in [4.78, 5) is 1.14. The van der Waals surface area contributed by atoms with Crippen LogP contribution in [0.15, 0.2) is 23.1 Å². The second kappa shape index (κ2) is 5.80. The van der Waals surface area contributed by atoms with E-state index in [0.717, 1.165) is 22.9 Å². The Morgan fingerprint density at radius 1 is 1.44 bits per heavy atom. The molecule has 0 aromatic heterocycles. The molecule has 1 aliphatic rings. The van der Waals surface area contributed by atoms with Gasteiger partial charge in [-0.2, -0.15) is 0 Å². The fourth-order valence-electron chi connectivity index (χ4n) is 1.91. The van der Waals surface area contributed by atoms with Crippen molar-refractivity contribution in [3.63, 3.8) is 0 Å². The zero-order valence-electron chi connectivity index (χ0n) is 9.21. The minimum Gasteiger partial charge on any atom is -0.398 e. The molecule has 3 N–H and O–H groups in total. The molecule has 1 saturated heterocycles. The third-order valence-electron chi connectivity index (χ3n) is 2.82. The van der Waals surface area contributed by atoms with Gasteiger partial charge in [0, 0.05) is 27.4 Å². The van der Waals surface area contributed by atoms with Crippen LogP contribution in [0.25, 0.3) is 0 Å². The van der Waals surface area contributed by atoms with Crippen LogP contribution in [0.1, 0.15) is 19.3 Å². The Bertz CT molecular complexity index is 351. The van der Waals surface area contributed by atoms with Gasteiger partial charge in [0.15, 0.2) is 0 Å². The molecule has 1 fully saturated rings. The van der Waals surface area contributed by atoms with E-state index in [1.165, 1.54) is 19.3 Å². The van der Waals surface area contributed by atoms with Gasteiger partial charge in [0.1, 0.15) is 0 Å². The molecule has 2 rings (SSSR count). The molecule has 1 aromatic carbocycles. The average Bonchev–Trinajstić information content (AvgIpc) is 2.29. The number of hydrogen-bond donors (Lipinski definition) is 2. The van der Waals surface area contributed by atoms with Crippen molar-refractivity contribution < 1.29 is 0 Å². The molecule has 1 aromatic rings. The maximum absolute atomic E-state index is 5.91. The molecule has 0 aliphatic carbocycles. The normalized spacial score (nSPS) is 20.9. The summed E-state index contributed by atoms with van der Waals surface area (Å²) < 4.78 is 0. The smallest absolute Gasteiger partial charge is 0.0467 e. The van der Waals surface area contributed by atoms with Crippen molar-refractivity contribution in [2.45, 2.75) is 30.2 Å². The molecular weight excluding hydrogens is 240 g/mol. The van der Waals surface area contributed by atoms with E-state index in [1.807, 2.05) is 30.0 Å². The molecule has 16 heavy (non-hydrogen) atoms. The number of nitrogens with one attached hydrogen (secondary N) is 1. The third kappa shape index (κ3) is 3.30. The highest BCUT2D eigenvalue weighted by atomic mass is 35.5. The number of benzene rings is 1. The summed E-state index contributed by atoms with van der Waals surface area (Å²) >= 11 is 7.68. The molecule has 0 amide bonds. The molecule has 1 atom stereocenters. The molecule has 4 heteroatoms. The summed E-state index contributed by atoms with van der Waals surface area (Å²) in [5, 5.41) is 4.24. The van der Waals surface area contributed by atoms with E-state index >= 15 is 0 Å². The molecule has 0 saturated carbocycles. The van der Waals surface area contributed by atoms with E-state index in [4.69, 9.17) is 17.3 Å². The Hall–Kier alpha value is -0.380. The van der Waals surface area contributed by atoms with Crippen LogP contribution >= 0.6 is 23.4 Å². The first kappa shape index (κ1) is 12.1. The molecule has 0 radical (unpaired) electrons. The fourth-order valence-corrected chi connectivity index (χ4v) is 3.14. The Morgan fingerprint density at radius 3 is 3.00 bits per heavy atom. The molecule has 0 bridgehead atoms. The first-order chi connectivity index (χ1) is 7.75. The molecule has 1 heterocycles. The first-order valence-electron chi connectivity index (χ1n) is 5.67. The van der Waals surface area contributed by atoms with Gasteiger partial charge in [-0.1, -0.05) is 18.0 Å². The highest BCUT2D eigenvalue weighted by Gasteiger charge is 2.13. The van der Waals surface area contributed by atoms with Crippen molar-refractivity contribution in [2.24, 2.45) is 0 Å². The number of nitrogen functional groups attached to an aromatic ring is 1. The van der Waals surface area contributed by atoms with Gasteiger partial charge in [-0.15, -0.1) is 11.8 Å². The van der Waals surface area contributed by atoms with Crippen LogP contribution in [0, 0.1) is 0 Å². The lowest BCUT2D eigenvalue weighted by atomic mass is 10.1. The number of rotatable bonds is 3. The highest BCUT2D eigenvalue weighted by molar-refractivity contribution is 7.99. The molecule has 88 valence electrons. The SMILES string of the molecule is Nc1cc(Cl)ccc1SCC1CCCCN1. The van der Waals surface area contributed by atoms with Crippen molar-refractivity contribution in [2.75, 3.05) is 18.0 Å². The topological polar surface area (TPSA) is 38.0 Å². The monoisotopic (exact) mass is 256 g/mol. The van der Waals surface area contributed by atoms with Gasteiger partial charge in [0.25, 0.3) is 0 Å². The van der Waals surface area contributed by atoms with Crippen molar-refractivity contribution >= 4 is 29.1 Å². The van der Waals surface area contributed by atoms with Crippen molar-refractivity contribution in [1.29, 1.82) is 0 Å². The quantitative estimate of drug-likeness (QED) is 0.645. The van der Waals surface area contributed by atoms with Crippen molar-refractivity contribution in [3.8, 4) is 0 Å². The van der Waals surface area contributed by atoms with Gasteiger partial charge in [0.05, 0.1) is 0 Å². The Labute approximate surface area is 106 Å². The van der Waals surface area contributed by atoms with Gasteiger partial charge < -0.3 is 11.1 Å². The summed E-state index contributed by atoms with van der Waals surface area (Å²) in [5.74, 6) is 1.09. The predicted octanol–water partition coefficient (Wildman–Crippen LogP) is 3.16. The molecule has 1 unspecified atom stereocenters. The Morgan fingerprint density at radius 2 is 2.31 bits per heavy atom. The molecule has 1 aliphatic heterocycles. The van der Waals surface area contributed by atoms with Crippen molar-refractivity contribution in [1.82, 2.24) is 5.32 Å². The number of thioether (sulfide) groups is 1. The van der Waals surface area contributed by atoms with Crippen LogP contribution in [0.4, 0.5) is 5.69 Å². The summed E-state index contributed by atoms with van der Waals surface area (Å²) in [7, 11) is 0. The van der Waals surface area contributed by atoms with E-state index < -0.39 is 0 Å². The lowest BCUT2D eigenvalue weighted by molar-refractivity contribution is 0.430. The number of anilines is 1. The number of nitrogens with two attached hydrogens (primary N) is 1. The second-order valence-electron chi connectivity index (χ2n) is 4.14. The van der Waals surface area contributed by atoms with Crippen LogP contribution in [-0.2, 0) is 0 Å². The summed E-state index contributed by atoms with van der Waals surface area (Å²) in [5.41, 5.74) is 6.70. The third-order valence-corrected chi connectivity index (χ3v) is 4.31. The lowest BCUT2D eigenvalue weighted by Crippen LogP contribution is -2.35. The minimum atomic E-state index is 0.633. The molecule has 0 spiro atoms. The summed E-state index contributed by atoms with van der Waals surface area (Å²) in [6, 6.07) is 6.35. The average molecular weight is 257 g/mol. The van der Waals surface area contributed by atoms with Crippen LogP contribution < -0.4 is 11.1 Å². The van der Waals surface area contributed by atoms with Crippen LogP contribution in [0.3, 0.4) is 0 Å². The zero-order valence-corrected chi connectivity index (χ0v) is 10.8. The maximum Gasteiger partial charge on any atom is 0.0467 e. The van der Waals surface area contributed by atoms with E-state index in [-0.39, 0.29) is 0 Å². The van der Waals surface area contributed by atoms with Gasteiger partial charge in [-0.3, -0.25) is 0 Å². The van der Waals surface area contributed by atoms with E-state index in [2.05, 4.69) is 5.32 Å². The molecule has 2 nitrogen and oxygen atoms in total. The lowest BCUT2D eigenvalue weighted by Gasteiger charge is -2.23. The number of hydrogen-bond acceptors (Lipinski definition) is 3. The zero-order chi connectivity index (χ0) is 11.4. The minimum absolute atomic E-state index is 0.633. The fraction of sp³-hybridized carbons (Fsp3) is 0.500. The van der Waals surface area contributed by atoms with E-state index in [1.54, 1.807) is 0 Å². The Kier molecular flexibility index (Phi) is 4.38. The van der Waals surface area contributed by atoms with E-state index in [0.29, 0.717) is 11.1 Å². The second-order valence-corrected chi connectivity index (χ2v) is 5.64. The summed E-state index contributed by atoms with van der Waals surface area (Å²) in [6.45, 7) is 1.15. The maximum atomic E-state index is 5.91. The highest BCUT2D eigenvalue weighted by Crippen LogP contribution is 2.28. The largest absolute Gasteiger partial charge is 0.398 e. The molecular formula is C12H17ClN2S. The predicted molar refractivity (Wildman–Crippen MR) is 72.2 cm³/mol. The number of piperidine rings is 1. The van der Waals surface area contributed by atoms with Gasteiger partial charge in [-0.25, -0.2) is 0 Å². The first-order valence-corrected chi connectivity index (χ1v) is 7.03. The number of halogens is 1. The Balaban J connectivity index is 1.88. The van der Waals surface area contributed by atoms with Gasteiger partial charge >= 0.3 is 0 Å². The standard InChI is InChI=1S/C12H17ClN2S/c13-9-4-5-12(11(14)7-9)16-8-10-3-1-2-6-15-10/h4-5,7,10,15H,1-3,6,8,14H2. The summed E-state index contributed by atoms with van der Waals surface area (Å²) in [6.07, 6.45) is 3.93. The van der Waals surface area contributed by atoms with E-state index in [9.17, 15) is 0 Å². The van der Waals surface area contributed by atoms with Crippen LogP contribution in [0.2, 0.25) is 5.02 Å². The van der Waals surface area contributed by atoms with Crippen molar-refractivity contribution in [3.05, 3.63) is 23.2 Å². The van der Waals surface area contributed by atoms with Gasteiger partial charge in [0.2, 0.25) is 0 Å². The van der Waals surface area contributed by atoms with Crippen LogP contribution in [0.5, 0.6) is 0 Å².